The molecule has 0 saturated carbocycles. The Labute approximate surface area is 118 Å². The van der Waals surface area contributed by atoms with E-state index in [1.807, 2.05) is 35.0 Å². The molecule has 4 heteroatoms. The Bertz CT molecular complexity index is 663. The van der Waals surface area contributed by atoms with Gasteiger partial charge in [0.05, 0.1) is 12.5 Å². The Morgan fingerprint density at radius 3 is 2.42 bits per heavy atom. The summed E-state index contributed by atoms with van der Waals surface area (Å²) in [5, 5.41) is 8.69. The summed E-state index contributed by atoms with van der Waals surface area (Å²) in [5.41, 5.74) is 3.20. The zero-order valence-corrected chi connectivity index (χ0v) is 12.2. The molecule has 98 valence electrons. The number of nitrogens with one attached hydrogen (secondary N) is 1. The number of benzene rings is 1. The standard InChI is InChI=1S/C15H17N3S/c1-15(2,3)13-10-17-14(19)18(13)12-6-4-11(5-7-12)8-9-16/h4-7,10H,8H2,1-3H3,(H,17,19). The fourth-order valence-electron chi connectivity index (χ4n) is 2.03. The SMILES string of the molecule is CC(C)(C)c1c[nH]c(=S)n1-c1ccc(CC#N)cc1. The van der Waals surface area contributed by atoms with Crippen LogP contribution in [0.3, 0.4) is 0 Å². The monoisotopic (exact) mass is 271 g/mol. The molecule has 1 aromatic heterocycles. The quantitative estimate of drug-likeness (QED) is 0.842. The Morgan fingerprint density at radius 1 is 1.26 bits per heavy atom. The van der Waals surface area contributed by atoms with Crippen molar-refractivity contribution >= 4 is 12.2 Å². The second-order valence-electron chi connectivity index (χ2n) is 5.57. The first-order valence-electron chi connectivity index (χ1n) is 6.20. The number of hydrogen-bond acceptors (Lipinski definition) is 2. The molecule has 2 aromatic rings. The number of imidazole rings is 1. The van der Waals surface area contributed by atoms with Gasteiger partial charge in [0.15, 0.2) is 4.77 Å². The molecule has 0 atom stereocenters. The van der Waals surface area contributed by atoms with Gasteiger partial charge in [-0.1, -0.05) is 32.9 Å². The number of aromatic amines is 1. The molecule has 0 fully saturated rings. The predicted molar refractivity (Wildman–Crippen MR) is 79.0 cm³/mol. The van der Waals surface area contributed by atoms with Gasteiger partial charge in [-0.3, -0.25) is 4.57 Å². The van der Waals surface area contributed by atoms with Crippen LogP contribution >= 0.6 is 12.2 Å². The van der Waals surface area contributed by atoms with Crippen LogP contribution in [0.25, 0.3) is 5.69 Å². The first-order valence-corrected chi connectivity index (χ1v) is 6.61. The van der Waals surface area contributed by atoms with Crippen molar-refractivity contribution in [2.45, 2.75) is 32.6 Å². The predicted octanol–water partition coefficient (Wildman–Crippen LogP) is 3.90. The Hall–Kier alpha value is -1.86. The van der Waals surface area contributed by atoms with Gasteiger partial charge in [-0.15, -0.1) is 0 Å². The second-order valence-corrected chi connectivity index (χ2v) is 5.95. The van der Waals surface area contributed by atoms with Crippen LogP contribution in [-0.2, 0) is 11.8 Å². The van der Waals surface area contributed by atoms with Crippen molar-refractivity contribution in [3.8, 4) is 11.8 Å². The van der Waals surface area contributed by atoms with E-state index in [1.165, 1.54) is 0 Å². The van der Waals surface area contributed by atoms with Crippen LogP contribution in [-0.4, -0.2) is 9.55 Å². The highest BCUT2D eigenvalue weighted by Gasteiger charge is 2.19. The number of nitriles is 1. The van der Waals surface area contributed by atoms with Gasteiger partial charge < -0.3 is 4.98 Å². The number of rotatable bonds is 2. The third-order valence-corrected chi connectivity index (χ3v) is 3.32. The largest absolute Gasteiger partial charge is 0.337 e. The lowest BCUT2D eigenvalue weighted by atomic mass is 9.92. The van der Waals surface area contributed by atoms with Gasteiger partial charge in [0.2, 0.25) is 0 Å². The van der Waals surface area contributed by atoms with Crippen molar-refractivity contribution in [2.24, 2.45) is 0 Å². The van der Waals surface area contributed by atoms with E-state index < -0.39 is 0 Å². The van der Waals surface area contributed by atoms with E-state index >= 15 is 0 Å². The van der Waals surface area contributed by atoms with Crippen molar-refractivity contribution in [3.63, 3.8) is 0 Å². The van der Waals surface area contributed by atoms with Gasteiger partial charge in [0, 0.05) is 23.0 Å². The lowest BCUT2D eigenvalue weighted by Gasteiger charge is -2.20. The van der Waals surface area contributed by atoms with Crippen LogP contribution < -0.4 is 0 Å². The summed E-state index contributed by atoms with van der Waals surface area (Å²) in [6.45, 7) is 6.47. The molecule has 1 N–H and O–H groups in total. The Morgan fingerprint density at radius 2 is 1.89 bits per heavy atom. The van der Waals surface area contributed by atoms with Crippen LogP contribution in [0.2, 0.25) is 0 Å². The topological polar surface area (TPSA) is 44.5 Å². The molecule has 0 bridgehead atoms. The van der Waals surface area contributed by atoms with Crippen molar-refractivity contribution in [1.29, 1.82) is 5.26 Å². The van der Waals surface area contributed by atoms with Crippen LogP contribution in [0, 0.1) is 16.1 Å². The number of hydrogen-bond donors (Lipinski definition) is 1. The molecule has 0 radical (unpaired) electrons. The molecular formula is C15H17N3S. The van der Waals surface area contributed by atoms with Gasteiger partial charge in [0.25, 0.3) is 0 Å². The van der Waals surface area contributed by atoms with E-state index in [9.17, 15) is 0 Å². The first kappa shape index (κ1) is 13.6. The van der Waals surface area contributed by atoms with Gasteiger partial charge in [-0.05, 0) is 29.9 Å². The van der Waals surface area contributed by atoms with E-state index in [2.05, 4.69) is 31.8 Å². The minimum atomic E-state index is 0.0128. The Balaban J connectivity index is 2.51. The van der Waals surface area contributed by atoms with Gasteiger partial charge >= 0.3 is 0 Å². The van der Waals surface area contributed by atoms with Crippen molar-refractivity contribution in [1.82, 2.24) is 9.55 Å². The highest BCUT2D eigenvalue weighted by molar-refractivity contribution is 7.71. The van der Waals surface area contributed by atoms with Crippen molar-refractivity contribution in [3.05, 3.63) is 46.5 Å². The van der Waals surface area contributed by atoms with Crippen molar-refractivity contribution in [2.75, 3.05) is 0 Å². The Kier molecular flexibility index (Phi) is 3.59. The summed E-state index contributed by atoms with van der Waals surface area (Å²) >= 11 is 5.36. The molecule has 19 heavy (non-hydrogen) atoms. The van der Waals surface area contributed by atoms with E-state index in [4.69, 9.17) is 17.5 Å². The van der Waals surface area contributed by atoms with E-state index in [-0.39, 0.29) is 5.41 Å². The summed E-state index contributed by atoms with van der Waals surface area (Å²) in [5.74, 6) is 0. The fourth-order valence-corrected chi connectivity index (χ4v) is 2.29. The molecule has 0 aliphatic heterocycles. The second kappa shape index (κ2) is 5.02. The number of H-pyrrole nitrogens is 1. The normalized spacial score (nSPS) is 11.3. The summed E-state index contributed by atoms with van der Waals surface area (Å²) in [4.78, 5) is 3.11. The average Bonchev–Trinajstić information content (AvgIpc) is 2.72. The first-order chi connectivity index (χ1) is 8.93. The lowest BCUT2D eigenvalue weighted by Crippen LogP contribution is -2.16. The third-order valence-electron chi connectivity index (χ3n) is 3.02. The molecule has 3 nitrogen and oxygen atoms in total. The zero-order valence-electron chi connectivity index (χ0n) is 11.4. The molecule has 1 aromatic carbocycles. The summed E-state index contributed by atoms with van der Waals surface area (Å²) < 4.78 is 2.74. The fraction of sp³-hybridized carbons (Fsp3) is 0.333. The number of nitrogens with zero attached hydrogens (tertiary/aromatic N) is 2. The smallest absolute Gasteiger partial charge is 0.182 e. The van der Waals surface area contributed by atoms with Crippen LogP contribution in [0.5, 0.6) is 0 Å². The summed E-state index contributed by atoms with van der Waals surface area (Å²) in [6, 6.07) is 10.1. The van der Waals surface area contributed by atoms with Gasteiger partial charge in [0.1, 0.15) is 0 Å². The third kappa shape index (κ3) is 2.77. The number of aromatic nitrogens is 2. The minimum Gasteiger partial charge on any atom is -0.337 e. The maximum atomic E-state index is 8.69. The molecule has 0 aliphatic carbocycles. The maximum Gasteiger partial charge on any atom is 0.182 e. The van der Waals surface area contributed by atoms with Gasteiger partial charge in [-0.2, -0.15) is 5.26 Å². The van der Waals surface area contributed by atoms with Gasteiger partial charge in [-0.25, -0.2) is 0 Å². The molecule has 0 spiro atoms. The molecule has 1 heterocycles. The van der Waals surface area contributed by atoms with E-state index in [1.54, 1.807) is 0 Å². The highest BCUT2D eigenvalue weighted by atomic mass is 32.1. The van der Waals surface area contributed by atoms with Crippen molar-refractivity contribution < 1.29 is 0 Å². The molecule has 0 unspecified atom stereocenters. The molecule has 0 amide bonds. The molecular weight excluding hydrogens is 254 g/mol. The summed E-state index contributed by atoms with van der Waals surface area (Å²) in [7, 11) is 0. The molecule has 2 rings (SSSR count). The molecule has 0 saturated heterocycles. The van der Waals surface area contributed by atoms with Crippen LogP contribution in [0.15, 0.2) is 30.5 Å². The maximum absolute atomic E-state index is 8.69. The van der Waals surface area contributed by atoms with Crippen LogP contribution in [0.4, 0.5) is 0 Å². The van der Waals surface area contributed by atoms with Crippen LogP contribution in [0.1, 0.15) is 32.0 Å². The lowest BCUT2D eigenvalue weighted by molar-refractivity contribution is 0.556. The van der Waals surface area contributed by atoms with E-state index in [0.717, 1.165) is 16.9 Å². The average molecular weight is 271 g/mol. The molecule has 0 aliphatic rings. The minimum absolute atomic E-state index is 0.0128. The zero-order chi connectivity index (χ0) is 14.0. The summed E-state index contributed by atoms with van der Waals surface area (Å²) in [6.07, 6.45) is 2.40. The van der Waals surface area contributed by atoms with E-state index in [0.29, 0.717) is 11.2 Å². The highest BCUT2D eigenvalue weighted by Crippen LogP contribution is 2.25.